The van der Waals surface area contributed by atoms with Gasteiger partial charge in [-0.15, -0.1) is 0 Å². The molecule has 19 heavy (non-hydrogen) atoms. The van der Waals surface area contributed by atoms with Gasteiger partial charge in [0.05, 0.1) is 0 Å². The summed E-state index contributed by atoms with van der Waals surface area (Å²) in [5.74, 6) is 0.0940. The van der Waals surface area contributed by atoms with Crippen LogP contribution in [0.2, 0.25) is 0 Å². The molecule has 5 nitrogen and oxygen atoms in total. The predicted octanol–water partition coefficient (Wildman–Crippen LogP) is 0.502. The van der Waals surface area contributed by atoms with Crippen molar-refractivity contribution < 1.29 is 4.79 Å². The standard InChI is InChI=1S/C14H32N4O/c1-6-18(9-7-8-17(4)5)13(11-15)10-14(19)16-12(2)3/h12-13H,6-11,15H2,1-5H3,(H,16,19). The number of carbonyl (C=O) groups excluding carboxylic acids is 1. The van der Waals surface area contributed by atoms with Gasteiger partial charge in [-0.3, -0.25) is 9.69 Å². The van der Waals surface area contributed by atoms with E-state index in [9.17, 15) is 4.79 Å². The lowest BCUT2D eigenvalue weighted by Crippen LogP contribution is -2.45. The SMILES string of the molecule is CCN(CCCN(C)C)C(CN)CC(=O)NC(C)C. The molecule has 0 rings (SSSR count). The fourth-order valence-corrected chi connectivity index (χ4v) is 2.15. The maximum atomic E-state index is 11.8. The molecule has 3 N–H and O–H groups in total. The van der Waals surface area contributed by atoms with Crippen LogP contribution in [-0.4, -0.2) is 68.1 Å². The van der Waals surface area contributed by atoms with Crippen LogP contribution in [0.3, 0.4) is 0 Å². The Kier molecular flexibility index (Phi) is 9.83. The van der Waals surface area contributed by atoms with Crippen LogP contribution < -0.4 is 11.1 Å². The molecule has 1 atom stereocenters. The van der Waals surface area contributed by atoms with Crippen molar-refractivity contribution in [3.05, 3.63) is 0 Å². The molecule has 0 aromatic carbocycles. The number of nitrogens with two attached hydrogens (primary N) is 1. The van der Waals surface area contributed by atoms with Gasteiger partial charge in [-0.1, -0.05) is 6.92 Å². The van der Waals surface area contributed by atoms with E-state index in [0.717, 1.165) is 26.1 Å². The Labute approximate surface area is 118 Å². The Balaban J connectivity index is 4.24. The number of rotatable bonds is 10. The van der Waals surface area contributed by atoms with E-state index < -0.39 is 0 Å². The van der Waals surface area contributed by atoms with Crippen LogP contribution in [0.25, 0.3) is 0 Å². The van der Waals surface area contributed by atoms with Gasteiger partial charge < -0.3 is 16.0 Å². The van der Waals surface area contributed by atoms with E-state index in [2.05, 4.69) is 36.1 Å². The van der Waals surface area contributed by atoms with E-state index in [1.54, 1.807) is 0 Å². The molecule has 1 amide bonds. The zero-order valence-corrected chi connectivity index (χ0v) is 13.3. The second kappa shape index (κ2) is 10.2. The van der Waals surface area contributed by atoms with Gasteiger partial charge in [-0.2, -0.15) is 0 Å². The quantitative estimate of drug-likeness (QED) is 0.608. The summed E-state index contributed by atoms with van der Waals surface area (Å²) in [5, 5.41) is 2.93. The normalized spacial score (nSPS) is 13.3. The van der Waals surface area contributed by atoms with Gasteiger partial charge >= 0.3 is 0 Å². The van der Waals surface area contributed by atoms with Gasteiger partial charge in [-0.25, -0.2) is 0 Å². The third-order valence-corrected chi connectivity index (χ3v) is 3.12. The van der Waals surface area contributed by atoms with E-state index in [1.165, 1.54) is 0 Å². The summed E-state index contributed by atoms with van der Waals surface area (Å²) in [6.45, 7) is 9.59. The summed E-state index contributed by atoms with van der Waals surface area (Å²) in [7, 11) is 4.15. The summed E-state index contributed by atoms with van der Waals surface area (Å²) >= 11 is 0. The molecule has 0 bridgehead atoms. The van der Waals surface area contributed by atoms with Crippen molar-refractivity contribution in [3.8, 4) is 0 Å². The van der Waals surface area contributed by atoms with E-state index in [1.807, 2.05) is 13.8 Å². The lowest BCUT2D eigenvalue weighted by atomic mass is 10.1. The zero-order chi connectivity index (χ0) is 14.8. The summed E-state index contributed by atoms with van der Waals surface area (Å²) in [5.41, 5.74) is 5.83. The number of amides is 1. The molecule has 0 heterocycles. The fourth-order valence-electron chi connectivity index (χ4n) is 2.15. The monoisotopic (exact) mass is 272 g/mol. The van der Waals surface area contributed by atoms with E-state index in [-0.39, 0.29) is 18.0 Å². The number of hydrogen-bond donors (Lipinski definition) is 2. The van der Waals surface area contributed by atoms with Crippen molar-refractivity contribution in [1.29, 1.82) is 0 Å². The van der Waals surface area contributed by atoms with Gasteiger partial charge in [0.1, 0.15) is 0 Å². The van der Waals surface area contributed by atoms with Crippen LogP contribution in [0, 0.1) is 0 Å². The minimum Gasteiger partial charge on any atom is -0.354 e. The summed E-state index contributed by atoms with van der Waals surface area (Å²) in [4.78, 5) is 16.3. The first kappa shape index (κ1) is 18.4. The lowest BCUT2D eigenvalue weighted by Gasteiger charge is -2.30. The summed E-state index contributed by atoms with van der Waals surface area (Å²) in [6.07, 6.45) is 1.59. The zero-order valence-electron chi connectivity index (χ0n) is 13.3. The first-order chi connectivity index (χ1) is 8.90. The third-order valence-electron chi connectivity index (χ3n) is 3.12. The van der Waals surface area contributed by atoms with E-state index in [0.29, 0.717) is 13.0 Å². The molecule has 0 radical (unpaired) electrons. The molecule has 0 aliphatic carbocycles. The molecule has 0 saturated heterocycles. The minimum absolute atomic E-state index is 0.0940. The average Bonchev–Trinajstić information content (AvgIpc) is 2.31. The highest BCUT2D eigenvalue weighted by Crippen LogP contribution is 2.05. The minimum atomic E-state index is 0.0940. The predicted molar refractivity (Wildman–Crippen MR) is 81.2 cm³/mol. The first-order valence-corrected chi connectivity index (χ1v) is 7.28. The van der Waals surface area contributed by atoms with E-state index >= 15 is 0 Å². The van der Waals surface area contributed by atoms with Crippen LogP contribution in [0.15, 0.2) is 0 Å². The van der Waals surface area contributed by atoms with Crippen molar-refractivity contribution in [2.24, 2.45) is 5.73 Å². The maximum Gasteiger partial charge on any atom is 0.221 e. The Morgan fingerprint density at radius 1 is 1.26 bits per heavy atom. The molecule has 0 saturated carbocycles. The molecule has 0 fully saturated rings. The average molecular weight is 272 g/mol. The molecule has 0 aromatic rings. The second-order valence-corrected chi connectivity index (χ2v) is 5.60. The summed E-state index contributed by atoms with van der Waals surface area (Å²) < 4.78 is 0. The van der Waals surface area contributed by atoms with Crippen LogP contribution in [-0.2, 0) is 4.79 Å². The third kappa shape index (κ3) is 8.97. The Morgan fingerprint density at radius 3 is 2.32 bits per heavy atom. The molecule has 5 heteroatoms. The number of carbonyl (C=O) groups is 1. The maximum absolute atomic E-state index is 11.8. The fraction of sp³-hybridized carbons (Fsp3) is 0.929. The number of likely N-dealkylation sites (N-methyl/N-ethyl adjacent to an activating group) is 1. The van der Waals surface area contributed by atoms with Crippen LogP contribution in [0.5, 0.6) is 0 Å². The highest BCUT2D eigenvalue weighted by atomic mass is 16.1. The van der Waals surface area contributed by atoms with Crippen molar-refractivity contribution >= 4 is 5.91 Å². The molecule has 0 aromatic heterocycles. The molecule has 0 aliphatic heterocycles. The molecular formula is C14H32N4O. The highest BCUT2D eigenvalue weighted by Gasteiger charge is 2.19. The molecule has 0 aliphatic rings. The second-order valence-electron chi connectivity index (χ2n) is 5.60. The Morgan fingerprint density at radius 2 is 1.89 bits per heavy atom. The topological polar surface area (TPSA) is 61.6 Å². The van der Waals surface area contributed by atoms with Crippen molar-refractivity contribution in [3.63, 3.8) is 0 Å². The van der Waals surface area contributed by atoms with Gasteiger partial charge in [0.2, 0.25) is 5.91 Å². The summed E-state index contributed by atoms with van der Waals surface area (Å²) in [6, 6.07) is 0.334. The Hall–Kier alpha value is -0.650. The van der Waals surface area contributed by atoms with Crippen molar-refractivity contribution in [2.45, 2.75) is 45.7 Å². The number of nitrogens with one attached hydrogen (secondary N) is 1. The highest BCUT2D eigenvalue weighted by molar-refractivity contribution is 5.76. The number of hydrogen-bond acceptors (Lipinski definition) is 4. The largest absolute Gasteiger partial charge is 0.354 e. The lowest BCUT2D eigenvalue weighted by molar-refractivity contribution is -0.122. The molecule has 1 unspecified atom stereocenters. The van der Waals surface area contributed by atoms with Crippen LogP contribution in [0.4, 0.5) is 0 Å². The van der Waals surface area contributed by atoms with Gasteiger partial charge in [-0.05, 0) is 54.0 Å². The first-order valence-electron chi connectivity index (χ1n) is 7.28. The smallest absolute Gasteiger partial charge is 0.221 e. The molecular weight excluding hydrogens is 240 g/mol. The van der Waals surface area contributed by atoms with Gasteiger partial charge in [0.15, 0.2) is 0 Å². The van der Waals surface area contributed by atoms with Gasteiger partial charge in [0, 0.05) is 25.0 Å². The Bertz CT molecular complexity index is 244. The number of nitrogens with zero attached hydrogens (tertiary/aromatic N) is 2. The van der Waals surface area contributed by atoms with Crippen molar-refractivity contribution in [1.82, 2.24) is 15.1 Å². The van der Waals surface area contributed by atoms with Crippen molar-refractivity contribution in [2.75, 3.05) is 40.3 Å². The van der Waals surface area contributed by atoms with Crippen LogP contribution in [0.1, 0.15) is 33.6 Å². The van der Waals surface area contributed by atoms with Gasteiger partial charge in [0.25, 0.3) is 0 Å². The van der Waals surface area contributed by atoms with Crippen LogP contribution >= 0.6 is 0 Å². The van der Waals surface area contributed by atoms with E-state index in [4.69, 9.17) is 5.73 Å². The molecule has 114 valence electrons. The molecule has 0 spiro atoms.